The molecular formula is C22H24N2O4. The Kier molecular flexibility index (Phi) is 4.56. The summed E-state index contributed by atoms with van der Waals surface area (Å²) in [5.74, 6) is 1.96. The Morgan fingerprint density at radius 3 is 2.61 bits per heavy atom. The van der Waals surface area contributed by atoms with E-state index in [0.717, 1.165) is 49.5 Å². The summed E-state index contributed by atoms with van der Waals surface area (Å²) >= 11 is 0. The van der Waals surface area contributed by atoms with Gasteiger partial charge in [0.1, 0.15) is 6.61 Å². The van der Waals surface area contributed by atoms with Crippen molar-refractivity contribution in [3.8, 4) is 11.5 Å². The minimum absolute atomic E-state index is 0.161. The van der Waals surface area contributed by atoms with Crippen molar-refractivity contribution in [1.29, 1.82) is 0 Å². The van der Waals surface area contributed by atoms with E-state index in [0.29, 0.717) is 11.7 Å². The zero-order valence-corrected chi connectivity index (χ0v) is 15.8. The van der Waals surface area contributed by atoms with Gasteiger partial charge in [-0.3, -0.25) is 4.90 Å². The highest BCUT2D eigenvalue weighted by molar-refractivity contribution is 5.88. The molecule has 0 radical (unpaired) electrons. The van der Waals surface area contributed by atoms with E-state index in [2.05, 4.69) is 4.90 Å². The molecule has 28 heavy (non-hydrogen) atoms. The molecule has 1 unspecified atom stereocenters. The molecule has 0 aliphatic carbocycles. The number of ether oxygens (including phenoxy) is 3. The van der Waals surface area contributed by atoms with E-state index in [4.69, 9.17) is 14.2 Å². The van der Waals surface area contributed by atoms with Crippen LogP contribution in [0, 0.1) is 5.92 Å². The zero-order valence-electron chi connectivity index (χ0n) is 15.8. The molecule has 2 aromatic carbocycles. The van der Waals surface area contributed by atoms with Gasteiger partial charge in [0.2, 0.25) is 6.79 Å². The zero-order chi connectivity index (χ0) is 18.9. The predicted molar refractivity (Wildman–Crippen MR) is 105 cm³/mol. The van der Waals surface area contributed by atoms with E-state index in [-0.39, 0.29) is 25.5 Å². The Balaban J connectivity index is 1.34. The molecule has 1 amide bonds. The van der Waals surface area contributed by atoms with Crippen LogP contribution in [0.3, 0.4) is 0 Å². The van der Waals surface area contributed by atoms with Crippen LogP contribution in [-0.2, 0) is 11.3 Å². The molecule has 0 saturated carbocycles. The van der Waals surface area contributed by atoms with Gasteiger partial charge >= 0.3 is 6.09 Å². The Hall–Kier alpha value is -2.73. The fourth-order valence-corrected chi connectivity index (χ4v) is 4.49. The highest BCUT2D eigenvalue weighted by Gasteiger charge is 2.40. The van der Waals surface area contributed by atoms with Gasteiger partial charge in [-0.05, 0) is 61.7 Å². The van der Waals surface area contributed by atoms with Gasteiger partial charge in [-0.1, -0.05) is 24.3 Å². The monoisotopic (exact) mass is 380 g/mol. The van der Waals surface area contributed by atoms with Crippen molar-refractivity contribution in [2.75, 3.05) is 31.3 Å². The van der Waals surface area contributed by atoms with E-state index >= 15 is 0 Å². The fraction of sp³-hybridized carbons (Fsp3) is 0.409. The van der Waals surface area contributed by atoms with E-state index in [1.165, 1.54) is 0 Å². The number of carbonyl (C=O) groups excluding carboxylic acids is 1. The lowest BCUT2D eigenvalue weighted by molar-refractivity contribution is 0.0778. The van der Waals surface area contributed by atoms with Crippen molar-refractivity contribution in [3.63, 3.8) is 0 Å². The minimum atomic E-state index is -0.289. The molecular weight excluding hydrogens is 356 g/mol. The molecule has 4 aliphatic heterocycles. The molecule has 3 saturated heterocycles. The number of carbonyl (C=O) groups is 1. The second-order valence-electron chi connectivity index (χ2n) is 7.65. The van der Waals surface area contributed by atoms with Crippen LogP contribution in [0.15, 0.2) is 48.5 Å². The van der Waals surface area contributed by atoms with Crippen LogP contribution < -0.4 is 14.4 Å². The summed E-state index contributed by atoms with van der Waals surface area (Å²) in [6, 6.07) is 15.7. The molecule has 6 nitrogen and oxygen atoms in total. The Labute approximate surface area is 164 Å². The van der Waals surface area contributed by atoms with Crippen molar-refractivity contribution < 1.29 is 19.0 Å². The van der Waals surface area contributed by atoms with Gasteiger partial charge in [-0.2, -0.15) is 0 Å². The van der Waals surface area contributed by atoms with E-state index in [9.17, 15) is 4.79 Å². The number of amides is 1. The second-order valence-corrected chi connectivity index (χ2v) is 7.65. The number of benzene rings is 2. The highest BCUT2D eigenvalue weighted by Crippen LogP contribution is 2.35. The largest absolute Gasteiger partial charge is 0.454 e. The van der Waals surface area contributed by atoms with Gasteiger partial charge in [0.05, 0.1) is 6.04 Å². The smallest absolute Gasteiger partial charge is 0.414 e. The van der Waals surface area contributed by atoms with Gasteiger partial charge in [-0.15, -0.1) is 0 Å². The first-order valence-corrected chi connectivity index (χ1v) is 9.90. The van der Waals surface area contributed by atoms with Crippen molar-refractivity contribution in [2.45, 2.75) is 25.5 Å². The quantitative estimate of drug-likeness (QED) is 0.810. The van der Waals surface area contributed by atoms with Gasteiger partial charge < -0.3 is 19.1 Å². The molecule has 3 fully saturated rings. The maximum Gasteiger partial charge on any atom is 0.414 e. The first-order valence-electron chi connectivity index (χ1n) is 9.90. The number of para-hydroxylation sites is 1. The van der Waals surface area contributed by atoms with Crippen molar-refractivity contribution in [3.05, 3.63) is 54.1 Å². The summed E-state index contributed by atoms with van der Waals surface area (Å²) in [5.41, 5.74) is 1.79. The second kappa shape index (κ2) is 7.36. The summed E-state index contributed by atoms with van der Waals surface area (Å²) in [4.78, 5) is 17.5. The van der Waals surface area contributed by atoms with Crippen LogP contribution in [0.1, 0.15) is 18.4 Å². The van der Waals surface area contributed by atoms with Crippen molar-refractivity contribution >= 4 is 11.8 Å². The normalized spacial score (nSPS) is 24.8. The fourth-order valence-electron chi connectivity index (χ4n) is 4.49. The van der Waals surface area contributed by atoms with Crippen molar-refractivity contribution in [2.24, 2.45) is 5.92 Å². The van der Waals surface area contributed by atoms with Gasteiger partial charge in [-0.25, -0.2) is 4.79 Å². The maximum absolute atomic E-state index is 13.2. The van der Waals surface area contributed by atoms with Crippen molar-refractivity contribution in [1.82, 2.24) is 4.90 Å². The lowest BCUT2D eigenvalue weighted by Crippen LogP contribution is -2.59. The van der Waals surface area contributed by atoms with Crippen LogP contribution in [0.4, 0.5) is 10.5 Å². The topological polar surface area (TPSA) is 51.2 Å². The molecule has 0 aromatic heterocycles. The Morgan fingerprint density at radius 1 is 1.07 bits per heavy atom. The molecule has 146 valence electrons. The SMILES string of the molecule is O=C(OCc1ccc2c(c1)OCO2)N(c1ccccc1)C1CN2CCC1CC2. The number of rotatable bonds is 4. The summed E-state index contributed by atoms with van der Waals surface area (Å²) in [6.07, 6.45) is 2.00. The molecule has 6 heteroatoms. The predicted octanol–water partition coefficient (Wildman–Crippen LogP) is 3.65. The standard InChI is InChI=1S/C22H24N2O4/c25-22(26-14-16-6-7-20-21(12-16)28-15-27-20)24(18-4-2-1-3-5-18)19-13-23-10-8-17(19)9-11-23/h1-7,12,17,19H,8-11,13-15H2. The summed E-state index contributed by atoms with van der Waals surface area (Å²) < 4.78 is 16.5. The molecule has 2 aromatic rings. The van der Waals surface area contributed by atoms with E-state index in [1.807, 2.05) is 53.4 Å². The molecule has 2 bridgehead atoms. The lowest BCUT2D eigenvalue weighted by atomic mass is 9.83. The maximum atomic E-state index is 13.2. The molecule has 6 rings (SSSR count). The number of piperidine rings is 3. The van der Waals surface area contributed by atoms with Crippen LogP contribution in [-0.4, -0.2) is 43.5 Å². The molecule has 4 aliphatic rings. The summed E-state index contributed by atoms with van der Waals surface area (Å²) in [5, 5.41) is 0. The molecule has 1 atom stereocenters. The van der Waals surface area contributed by atoms with Crippen LogP contribution in [0.5, 0.6) is 11.5 Å². The number of hydrogen-bond acceptors (Lipinski definition) is 5. The van der Waals surface area contributed by atoms with Crippen LogP contribution >= 0.6 is 0 Å². The van der Waals surface area contributed by atoms with Gasteiger partial charge in [0.15, 0.2) is 11.5 Å². The van der Waals surface area contributed by atoms with Gasteiger partial charge in [0.25, 0.3) is 0 Å². The molecule has 4 heterocycles. The summed E-state index contributed by atoms with van der Waals surface area (Å²) in [6.45, 7) is 3.63. The number of fused-ring (bicyclic) bond motifs is 4. The van der Waals surface area contributed by atoms with Crippen LogP contribution in [0.2, 0.25) is 0 Å². The average Bonchev–Trinajstić information content (AvgIpc) is 3.22. The average molecular weight is 380 g/mol. The molecule has 0 spiro atoms. The summed E-state index contributed by atoms with van der Waals surface area (Å²) in [7, 11) is 0. The first kappa shape index (κ1) is 17.4. The number of hydrogen-bond donors (Lipinski definition) is 0. The lowest BCUT2D eigenvalue weighted by Gasteiger charge is -2.48. The number of anilines is 1. The first-order chi connectivity index (χ1) is 13.8. The highest BCUT2D eigenvalue weighted by atomic mass is 16.7. The minimum Gasteiger partial charge on any atom is -0.454 e. The van der Waals surface area contributed by atoms with E-state index < -0.39 is 0 Å². The third kappa shape index (κ3) is 3.29. The third-order valence-corrected chi connectivity index (χ3v) is 5.98. The Bertz CT molecular complexity index is 849. The van der Waals surface area contributed by atoms with Crippen LogP contribution in [0.25, 0.3) is 0 Å². The third-order valence-electron chi connectivity index (χ3n) is 5.98. The Morgan fingerprint density at radius 2 is 1.86 bits per heavy atom. The number of nitrogens with zero attached hydrogens (tertiary/aromatic N) is 2. The van der Waals surface area contributed by atoms with E-state index in [1.54, 1.807) is 0 Å². The molecule has 0 N–H and O–H groups in total. The van der Waals surface area contributed by atoms with Gasteiger partial charge in [0, 0.05) is 12.2 Å².